The number of hydrogen-bond acceptors (Lipinski definition) is 3. The molecule has 0 amide bonds. The summed E-state index contributed by atoms with van der Waals surface area (Å²) in [6.45, 7) is 9.43. The molecular formula is C14H22N2O. The number of rotatable bonds is 2. The minimum absolute atomic E-state index is 0.573. The van der Waals surface area contributed by atoms with Crippen LogP contribution in [-0.4, -0.2) is 43.9 Å². The summed E-state index contributed by atoms with van der Waals surface area (Å²) in [6, 6.07) is 0.573. The average Bonchev–Trinajstić information content (AvgIpc) is 2.40. The predicted molar refractivity (Wildman–Crippen MR) is 71.4 cm³/mol. The van der Waals surface area contributed by atoms with Gasteiger partial charge < -0.3 is 4.74 Å². The van der Waals surface area contributed by atoms with Crippen LogP contribution in [-0.2, 0) is 4.74 Å². The van der Waals surface area contributed by atoms with Crippen LogP contribution in [0.5, 0.6) is 0 Å². The maximum atomic E-state index is 5.95. The van der Waals surface area contributed by atoms with Crippen LogP contribution < -0.4 is 0 Å². The van der Waals surface area contributed by atoms with Crippen LogP contribution in [0.15, 0.2) is 28.5 Å². The van der Waals surface area contributed by atoms with E-state index in [0.29, 0.717) is 6.04 Å². The lowest BCUT2D eigenvalue weighted by Crippen LogP contribution is -2.46. The summed E-state index contributed by atoms with van der Waals surface area (Å²) in [5.41, 5.74) is 2.20. The molecule has 2 saturated heterocycles. The first-order valence-electron chi connectivity index (χ1n) is 6.40. The van der Waals surface area contributed by atoms with Crippen LogP contribution in [0, 0.1) is 0 Å². The van der Waals surface area contributed by atoms with Crippen LogP contribution in [0.25, 0.3) is 0 Å². The van der Waals surface area contributed by atoms with Gasteiger partial charge >= 0.3 is 0 Å². The second kappa shape index (κ2) is 5.50. The summed E-state index contributed by atoms with van der Waals surface area (Å²) in [6.07, 6.45) is 5.39. The number of ether oxygens (including phenoxy) is 1. The van der Waals surface area contributed by atoms with Gasteiger partial charge in [0, 0.05) is 24.9 Å². The molecule has 0 bridgehead atoms. The van der Waals surface area contributed by atoms with Crippen molar-refractivity contribution in [3.63, 3.8) is 0 Å². The Balaban J connectivity index is 2.06. The van der Waals surface area contributed by atoms with Gasteiger partial charge in [0.15, 0.2) is 0 Å². The van der Waals surface area contributed by atoms with E-state index in [0.717, 1.165) is 29.9 Å². The summed E-state index contributed by atoms with van der Waals surface area (Å²) in [7, 11) is 1.78. The Morgan fingerprint density at radius 2 is 2.29 bits per heavy atom. The van der Waals surface area contributed by atoms with Crippen LogP contribution in [0.2, 0.25) is 0 Å². The highest BCUT2D eigenvalue weighted by molar-refractivity contribution is 5.79. The Hall–Kier alpha value is -1.09. The van der Waals surface area contributed by atoms with E-state index in [-0.39, 0.29) is 0 Å². The van der Waals surface area contributed by atoms with Crippen molar-refractivity contribution < 1.29 is 4.74 Å². The third kappa shape index (κ3) is 2.78. The molecule has 17 heavy (non-hydrogen) atoms. The highest BCUT2D eigenvalue weighted by atomic mass is 16.5. The topological polar surface area (TPSA) is 24.8 Å². The molecule has 0 aromatic rings. The largest absolute Gasteiger partial charge is 0.491 e. The molecule has 0 spiro atoms. The Bertz CT molecular complexity index is 353. The number of likely N-dealkylation sites (tertiary alicyclic amines) is 1. The van der Waals surface area contributed by atoms with Crippen molar-refractivity contribution in [3.05, 3.63) is 23.5 Å². The minimum atomic E-state index is 0.573. The highest BCUT2D eigenvalue weighted by Gasteiger charge is 2.27. The van der Waals surface area contributed by atoms with Crippen LogP contribution in [0.4, 0.5) is 0 Å². The maximum absolute atomic E-state index is 5.95. The first-order valence-corrected chi connectivity index (χ1v) is 6.40. The summed E-state index contributed by atoms with van der Waals surface area (Å²) >= 11 is 0. The van der Waals surface area contributed by atoms with Crippen molar-refractivity contribution in [2.24, 2.45) is 4.99 Å². The van der Waals surface area contributed by atoms with E-state index in [9.17, 15) is 0 Å². The molecule has 2 heterocycles. The van der Waals surface area contributed by atoms with Crippen LogP contribution in [0.1, 0.15) is 26.2 Å². The zero-order chi connectivity index (χ0) is 12.3. The quantitative estimate of drug-likeness (QED) is 0.685. The van der Waals surface area contributed by atoms with E-state index in [1.807, 2.05) is 13.1 Å². The first kappa shape index (κ1) is 12.4. The molecule has 0 N–H and O–H groups in total. The van der Waals surface area contributed by atoms with Crippen molar-refractivity contribution in [1.29, 1.82) is 0 Å². The third-order valence-corrected chi connectivity index (χ3v) is 3.61. The van der Waals surface area contributed by atoms with Gasteiger partial charge in [-0.1, -0.05) is 6.58 Å². The number of nitrogens with zero attached hydrogens (tertiary/aromatic N) is 2. The van der Waals surface area contributed by atoms with Gasteiger partial charge in [0.25, 0.3) is 0 Å². The van der Waals surface area contributed by atoms with Crippen LogP contribution in [0.3, 0.4) is 0 Å². The highest BCUT2D eigenvalue weighted by Crippen LogP contribution is 2.27. The zero-order valence-electron chi connectivity index (χ0n) is 10.9. The van der Waals surface area contributed by atoms with E-state index < -0.39 is 0 Å². The molecule has 3 heteroatoms. The zero-order valence-corrected chi connectivity index (χ0v) is 10.9. The standard InChI is InChI=1S/C14H22N2O/c1-11-5-6-13(16-7-4-8-16)10-17-14(11)12(2)9-15-3/h9,13H,1,4-8,10H2,2-3H3/b14-12+,15-9?/t13-/m1/s1. The van der Waals surface area contributed by atoms with Crippen molar-refractivity contribution in [1.82, 2.24) is 4.90 Å². The Labute approximate surface area is 104 Å². The molecular weight excluding hydrogens is 212 g/mol. The molecule has 3 nitrogen and oxygen atoms in total. The molecule has 94 valence electrons. The Morgan fingerprint density at radius 3 is 2.88 bits per heavy atom. The van der Waals surface area contributed by atoms with Gasteiger partial charge in [-0.2, -0.15) is 0 Å². The molecule has 2 aliphatic rings. The minimum Gasteiger partial charge on any atom is -0.491 e. The maximum Gasteiger partial charge on any atom is 0.126 e. The van der Waals surface area contributed by atoms with Gasteiger partial charge in [0.05, 0.1) is 0 Å². The summed E-state index contributed by atoms with van der Waals surface area (Å²) in [5, 5.41) is 0. The molecule has 2 rings (SSSR count). The molecule has 0 radical (unpaired) electrons. The van der Waals surface area contributed by atoms with E-state index in [2.05, 4.69) is 16.5 Å². The molecule has 0 aromatic carbocycles. The van der Waals surface area contributed by atoms with Gasteiger partial charge in [-0.25, -0.2) is 0 Å². The van der Waals surface area contributed by atoms with Gasteiger partial charge in [-0.15, -0.1) is 0 Å². The Morgan fingerprint density at radius 1 is 1.53 bits per heavy atom. The molecule has 2 fully saturated rings. The molecule has 1 atom stereocenters. The third-order valence-electron chi connectivity index (χ3n) is 3.61. The second-order valence-electron chi connectivity index (χ2n) is 4.90. The number of aliphatic imine (C=N–C) groups is 1. The van der Waals surface area contributed by atoms with Gasteiger partial charge in [-0.3, -0.25) is 9.89 Å². The summed E-state index contributed by atoms with van der Waals surface area (Å²) in [5.74, 6) is 0.957. The lowest BCUT2D eigenvalue weighted by molar-refractivity contribution is 0.0612. The van der Waals surface area contributed by atoms with Gasteiger partial charge in [0.1, 0.15) is 12.4 Å². The van der Waals surface area contributed by atoms with Gasteiger partial charge in [-0.05, 0) is 44.8 Å². The molecule has 2 aliphatic heterocycles. The SMILES string of the molecule is C=C1CC[C@@H](N2CCC2)CO/C1=C(\C)C=NC. The fraction of sp³-hybridized carbons (Fsp3) is 0.643. The predicted octanol–water partition coefficient (Wildman–Crippen LogP) is 2.40. The summed E-state index contributed by atoms with van der Waals surface area (Å²) < 4.78 is 5.95. The van der Waals surface area contributed by atoms with Crippen molar-refractivity contribution in [2.45, 2.75) is 32.2 Å². The smallest absolute Gasteiger partial charge is 0.126 e. The van der Waals surface area contributed by atoms with Crippen LogP contribution >= 0.6 is 0 Å². The van der Waals surface area contributed by atoms with Gasteiger partial charge in [0.2, 0.25) is 0 Å². The fourth-order valence-electron chi connectivity index (χ4n) is 2.46. The van der Waals surface area contributed by atoms with Crippen molar-refractivity contribution in [3.8, 4) is 0 Å². The lowest BCUT2D eigenvalue weighted by atomic mass is 10.0. The molecule has 0 aromatic heterocycles. The van der Waals surface area contributed by atoms with E-state index in [4.69, 9.17) is 4.74 Å². The summed E-state index contributed by atoms with van der Waals surface area (Å²) in [4.78, 5) is 6.56. The fourth-order valence-corrected chi connectivity index (χ4v) is 2.46. The average molecular weight is 234 g/mol. The van der Waals surface area contributed by atoms with Crippen molar-refractivity contribution in [2.75, 3.05) is 26.7 Å². The first-order chi connectivity index (χ1) is 8.22. The van der Waals surface area contributed by atoms with E-state index in [1.165, 1.54) is 25.9 Å². The van der Waals surface area contributed by atoms with E-state index in [1.54, 1.807) is 7.05 Å². The normalized spacial score (nSPS) is 29.8. The number of hydrogen-bond donors (Lipinski definition) is 0. The second-order valence-corrected chi connectivity index (χ2v) is 4.90. The Kier molecular flexibility index (Phi) is 4.00. The lowest BCUT2D eigenvalue weighted by Gasteiger charge is -2.37. The monoisotopic (exact) mass is 234 g/mol. The molecule has 0 aliphatic carbocycles. The van der Waals surface area contributed by atoms with Crippen molar-refractivity contribution >= 4 is 6.21 Å². The van der Waals surface area contributed by atoms with E-state index >= 15 is 0 Å². The number of allylic oxidation sites excluding steroid dienone is 2. The molecule has 0 saturated carbocycles. The molecule has 0 unspecified atom stereocenters.